The largest absolute Gasteiger partial charge is 0.495 e. The van der Waals surface area contributed by atoms with Gasteiger partial charge < -0.3 is 9.15 Å². The van der Waals surface area contributed by atoms with Crippen LogP contribution in [-0.4, -0.2) is 12.1 Å². The van der Waals surface area contributed by atoms with Crippen LogP contribution in [0.5, 0.6) is 5.75 Å². The molecule has 3 aromatic rings. The molecule has 1 heterocycles. The zero-order chi connectivity index (χ0) is 15.7. The highest BCUT2D eigenvalue weighted by Gasteiger charge is 2.12. The first-order valence-corrected chi connectivity index (χ1v) is 7.44. The molecule has 1 aromatic heterocycles. The van der Waals surface area contributed by atoms with Crippen LogP contribution >= 0.6 is 23.2 Å². The molecule has 112 valence electrons. The minimum absolute atomic E-state index is 0.485. The van der Waals surface area contributed by atoms with Gasteiger partial charge in [0.25, 0.3) is 0 Å². The van der Waals surface area contributed by atoms with Crippen LogP contribution in [0.1, 0.15) is 12.5 Å². The maximum Gasteiger partial charge on any atom is 0.227 e. The van der Waals surface area contributed by atoms with E-state index in [1.807, 2.05) is 37.3 Å². The summed E-state index contributed by atoms with van der Waals surface area (Å²) in [7, 11) is 1.56. The van der Waals surface area contributed by atoms with E-state index in [0.29, 0.717) is 32.8 Å². The zero-order valence-electron chi connectivity index (χ0n) is 12.1. The first kappa shape index (κ1) is 14.9. The van der Waals surface area contributed by atoms with Crippen molar-refractivity contribution in [1.82, 2.24) is 4.98 Å². The van der Waals surface area contributed by atoms with Gasteiger partial charge in [0, 0.05) is 22.7 Å². The summed E-state index contributed by atoms with van der Waals surface area (Å²) in [6, 6.07) is 9.13. The lowest BCUT2D eigenvalue weighted by Gasteiger charge is -2.00. The molecule has 0 fully saturated rings. The number of fused-ring (bicyclic) bond motifs is 1. The predicted octanol–water partition coefficient (Wildman–Crippen LogP) is 5.84. The molecule has 0 unspecified atom stereocenters. The second-order valence-electron chi connectivity index (χ2n) is 4.71. The number of nitrogens with zero attached hydrogens (tertiary/aromatic N) is 1. The van der Waals surface area contributed by atoms with Gasteiger partial charge in [0.15, 0.2) is 5.58 Å². The van der Waals surface area contributed by atoms with Crippen LogP contribution in [0.4, 0.5) is 0 Å². The summed E-state index contributed by atoms with van der Waals surface area (Å²) in [4.78, 5) is 4.47. The van der Waals surface area contributed by atoms with E-state index in [9.17, 15) is 0 Å². The Morgan fingerprint density at radius 3 is 2.64 bits per heavy atom. The highest BCUT2D eigenvalue weighted by molar-refractivity contribution is 6.33. The highest BCUT2D eigenvalue weighted by Crippen LogP contribution is 2.33. The second kappa shape index (κ2) is 6.03. The van der Waals surface area contributed by atoms with Crippen molar-refractivity contribution in [3.8, 4) is 17.2 Å². The monoisotopic (exact) mass is 333 g/mol. The van der Waals surface area contributed by atoms with E-state index in [2.05, 4.69) is 4.98 Å². The van der Waals surface area contributed by atoms with Gasteiger partial charge in [-0.1, -0.05) is 41.4 Å². The number of benzene rings is 2. The molecule has 0 aliphatic heterocycles. The van der Waals surface area contributed by atoms with Gasteiger partial charge in [-0.25, -0.2) is 4.98 Å². The third kappa shape index (κ3) is 2.70. The van der Waals surface area contributed by atoms with Gasteiger partial charge in [-0.05, 0) is 24.6 Å². The Balaban J connectivity index is 2.08. The van der Waals surface area contributed by atoms with Crippen LogP contribution in [0.2, 0.25) is 10.0 Å². The molecule has 0 amide bonds. The normalized spacial score (nSPS) is 11.5. The summed E-state index contributed by atoms with van der Waals surface area (Å²) in [6.45, 7) is 1.95. The zero-order valence-corrected chi connectivity index (χ0v) is 13.6. The summed E-state index contributed by atoms with van der Waals surface area (Å²) < 4.78 is 10.9. The van der Waals surface area contributed by atoms with Gasteiger partial charge in [-0.2, -0.15) is 0 Å². The van der Waals surface area contributed by atoms with E-state index in [-0.39, 0.29) is 0 Å². The second-order valence-corrected chi connectivity index (χ2v) is 5.52. The lowest BCUT2D eigenvalue weighted by atomic mass is 10.1. The van der Waals surface area contributed by atoms with Gasteiger partial charge in [-0.3, -0.25) is 0 Å². The third-order valence-electron chi connectivity index (χ3n) is 3.26. The van der Waals surface area contributed by atoms with Crippen LogP contribution in [0.3, 0.4) is 0 Å². The molecule has 0 bridgehead atoms. The lowest BCUT2D eigenvalue weighted by Crippen LogP contribution is -1.83. The van der Waals surface area contributed by atoms with Gasteiger partial charge in [0.05, 0.1) is 12.1 Å². The molecular formula is C17H13Cl2NO2. The van der Waals surface area contributed by atoms with Crippen molar-refractivity contribution in [2.75, 3.05) is 7.11 Å². The van der Waals surface area contributed by atoms with Gasteiger partial charge in [0.1, 0.15) is 11.3 Å². The van der Waals surface area contributed by atoms with Crippen LogP contribution in [0, 0.1) is 0 Å². The summed E-state index contributed by atoms with van der Waals surface area (Å²) in [5.74, 6) is 1.06. The smallest absolute Gasteiger partial charge is 0.227 e. The number of oxazole rings is 1. The lowest BCUT2D eigenvalue weighted by molar-refractivity contribution is 0.415. The van der Waals surface area contributed by atoms with Crippen molar-refractivity contribution in [2.45, 2.75) is 6.92 Å². The van der Waals surface area contributed by atoms with Gasteiger partial charge in [-0.15, -0.1) is 0 Å². The fraction of sp³-hybridized carbons (Fsp3) is 0.118. The number of hydrogen-bond acceptors (Lipinski definition) is 3. The van der Waals surface area contributed by atoms with E-state index in [4.69, 9.17) is 32.4 Å². The molecule has 2 aromatic carbocycles. The van der Waals surface area contributed by atoms with Crippen molar-refractivity contribution in [3.63, 3.8) is 0 Å². The highest BCUT2D eigenvalue weighted by atomic mass is 35.5. The number of halogens is 2. The Morgan fingerprint density at radius 1 is 1.14 bits per heavy atom. The van der Waals surface area contributed by atoms with Crippen molar-refractivity contribution < 1.29 is 9.15 Å². The Labute approximate surface area is 138 Å². The molecule has 0 aliphatic rings. The van der Waals surface area contributed by atoms with E-state index in [1.165, 1.54) is 0 Å². The minimum atomic E-state index is 0.485. The predicted molar refractivity (Wildman–Crippen MR) is 90.7 cm³/mol. The molecule has 0 radical (unpaired) electrons. The van der Waals surface area contributed by atoms with Crippen molar-refractivity contribution in [3.05, 3.63) is 52.0 Å². The van der Waals surface area contributed by atoms with Gasteiger partial charge >= 0.3 is 0 Å². The van der Waals surface area contributed by atoms with Gasteiger partial charge in [0.2, 0.25) is 5.89 Å². The van der Waals surface area contributed by atoms with Crippen LogP contribution in [-0.2, 0) is 0 Å². The number of methoxy groups -OCH3 is 1. The summed E-state index contributed by atoms with van der Waals surface area (Å²) in [6.07, 6.45) is 3.89. The Morgan fingerprint density at radius 2 is 1.95 bits per heavy atom. The Hall–Kier alpha value is -1.97. The quantitative estimate of drug-likeness (QED) is 0.603. The van der Waals surface area contributed by atoms with Crippen molar-refractivity contribution in [1.29, 1.82) is 0 Å². The van der Waals surface area contributed by atoms with Crippen LogP contribution < -0.4 is 4.74 Å². The Kier molecular flexibility index (Phi) is 4.10. The van der Waals surface area contributed by atoms with Crippen molar-refractivity contribution >= 4 is 40.4 Å². The number of ether oxygens (including phenoxy) is 1. The van der Waals surface area contributed by atoms with E-state index < -0.39 is 0 Å². The first-order valence-electron chi connectivity index (χ1n) is 6.69. The fourth-order valence-corrected chi connectivity index (χ4v) is 2.66. The third-order valence-corrected chi connectivity index (χ3v) is 3.88. The molecule has 0 atom stereocenters. The van der Waals surface area contributed by atoms with Crippen LogP contribution in [0.25, 0.3) is 28.6 Å². The molecule has 5 heteroatoms. The Bertz CT molecular complexity index is 868. The number of allylic oxidation sites excluding steroid dienone is 1. The van der Waals surface area contributed by atoms with Crippen LogP contribution in [0.15, 0.2) is 40.8 Å². The molecular weight excluding hydrogens is 321 g/mol. The average Bonchev–Trinajstić information content (AvgIpc) is 2.91. The van der Waals surface area contributed by atoms with E-state index in [1.54, 1.807) is 19.2 Å². The average molecular weight is 334 g/mol. The number of hydrogen-bond donors (Lipinski definition) is 0. The molecule has 3 nitrogen and oxygen atoms in total. The molecule has 0 saturated heterocycles. The standard InChI is InChI=1S/C17H13Cl2NO2/c1-3-4-10-5-6-11(7-12(10)18)17-20-14-9-15(21-2)13(19)8-16(14)22-17/h3-9H,1-2H3. The summed E-state index contributed by atoms with van der Waals surface area (Å²) in [5.41, 5.74) is 3.05. The maximum absolute atomic E-state index is 6.27. The number of aromatic nitrogens is 1. The fourth-order valence-electron chi connectivity index (χ4n) is 2.18. The van der Waals surface area contributed by atoms with Crippen molar-refractivity contribution in [2.24, 2.45) is 0 Å². The minimum Gasteiger partial charge on any atom is -0.495 e. The SMILES string of the molecule is CC=Cc1ccc(-c2nc3cc(OC)c(Cl)cc3o2)cc1Cl. The molecule has 3 rings (SSSR count). The summed E-state index contributed by atoms with van der Waals surface area (Å²) >= 11 is 12.4. The molecule has 22 heavy (non-hydrogen) atoms. The first-order chi connectivity index (χ1) is 10.6. The topological polar surface area (TPSA) is 35.3 Å². The summed E-state index contributed by atoms with van der Waals surface area (Å²) in [5, 5.41) is 1.13. The van der Waals surface area contributed by atoms with E-state index >= 15 is 0 Å². The molecule has 0 saturated carbocycles. The molecule has 0 spiro atoms. The number of rotatable bonds is 3. The van der Waals surface area contributed by atoms with E-state index in [0.717, 1.165) is 11.1 Å². The molecule has 0 aliphatic carbocycles. The molecule has 0 N–H and O–H groups in total. The maximum atomic E-state index is 6.27.